The first kappa shape index (κ1) is 23.5. The molecule has 0 aromatic heterocycles. The highest BCUT2D eigenvalue weighted by molar-refractivity contribution is 5.91. The number of hydroxylamine groups is 1. The van der Waals surface area contributed by atoms with Crippen LogP contribution in [0.25, 0.3) is 10.8 Å². The van der Waals surface area contributed by atoms with Crippen molar-refractivity contribution in [2.24, 2.45) is 5.92 Å². The fourth-order valence-electron chi connectivity index (χ4n) is 3.04. The van der Waals surface area contributed by atoms with Gasteiger partial charge in [-0.2, -0.15) is 0 Å². The van der Waals surface area contributed by atoms with Crippen LogP contribution in [0.1, 0.15) is 53.0 Å². The van der Waals surface area contributed by atoms with Gasteiger partial charge in [-0.15, -0.1) is 0 Å². The number of carbonyl (C=O) groups is 3. The Morgan fingerprint density at radius 3 is 2.37 bits per heavy atom. The predicted octanol–water partition coefficient (Wildman–Crippen LogP) is 3.72. The van der Waals surface area contributed by atoms with Gasteiger partial charge in [-0.1, -0.05) is 49.4 Å². The molecule has 0 unspecified atom stereocenters. The summed E-state index contributed by atoms with van der Waals surface area (Å²) in [7, 11) is 0. The van der Waals surface area contributed by atoms with Gasteiger partial charge in [0.15, 0.2) is 5.78 Å². The Kier molecular flexibility index (Phi) is 8.12. The molecule has 0 spiro atoms. The lowest BCUT2D eigenvalue weighted by Crippen LogP contribution is -2.42. The summed E-state index contributed by atoms with van der Waals surface area (Å²) >= 11 is 0. The highest BCUT2D eigenvalue weighted by Crippen LogP contribution is 2.20. The molecule has 2 atom stereocenters. The van der Waals surface area contributed by atoms with Crippen molar-refractivity contribution < 1.29 is 19.2 Å². The Balaban J connectivity index is 1.83. The van der Waals surface area contributed by atoms with Gasteiger partial charge in [0.25, 0.3) is 0 Å². The van der Waals surface area contributed by atoms with Crippen LogP contribution in [-0.4, -0.2) is 29.2 Å². The van der Waals surface area contributed by atoms with Gasteiger partial charge in [0, 0.05) is 18.8 Å². The Morgan fingerprint density at radius 1 is 1.00 bits per heavy atom. The van der Waals surface area contributed by atoms with Crippen LogP contribution in [0.4, 0.5) is 0 Å². The third-order valence-electron chi connectivity index (χ3n) is 4.77. The standard InChI is InChI=1S/C24H32N2O4/c1-16(15-22(28)26-30-24(3,4)5)23(29)25-17(2)21(27)14-13-19-11-8-10-18-9-6-7-12-20(18)19/h6-12,16-17H,13-15H2,1-5H3,(H,25,29)(H,26,28)/t16-,17-/m0/s1. The maximum absolute atomic E-state index is 12.5. The average Bonchev–Trinajstić information content (AvgIpc) is 2.69. The van der Waals surface area contributed by atoms with Crippen LogP contribution in [0.15, 0.2) is 42.5 Å². The van der Waals surface area contributed by atoms with E-state index in [4.69, 9.17) is 4.84 Å². The van der Waals surface area contributed by atoms with Crippen molar-refractivity contribution in [3.8, 4) is 0 Å². The fourth-order valence-corrected chi connectivity index (χ4v) is 3.04. The summed E-state index contributed by atoms with van der Waals surface area (Å²) in [5, 5.41) is 5.01. The van der Waals surface area contributed by atoms with Gasteiger partial charge >= 0.3 is 0 Å². The molecule has 0 radical (unpaired) electrons. The SMILES string of the molecule is C[C@H](NC(=O)[C@@H](C)CC(=O)NOC(C)(C)C)C(=O)CCc1cccc2ccccc12. The van der Waals surface area contributed by atoms with Crippen LogP contribution < -0.4 is 10.8 Å². The number of aryl methyl sites for hydroxylation is 1. The largest absolute Gasteiger partial charge is 0.346 e. The number of ketones is 1. The van der Waals surface area contributed by atoms with Gasteiger partial charge in [-0.3, -0.25) is 19.2 Å². The van der Waals surface area contributed by atoms with Crippen LogP contribution in [0.5, 0.6) is 0 Å². The first-order valence-electron chi connectivity index (χ1n) is 10.3. The average molecular weight is 413 g/mol. The molecular weight excluding hydrogens is 380 g/mol. The number of Topliss-reactive ketones (excluding diaryl/α,β-unsaturated/α-hetero) is 1. The van der Waals surface area contributed by atoms with Gasteiger partial charge in [-0.05, 0) is 50.5 Å². The highest BCUT2D eigenvalue weighted by atomic mass is 16.7. The van der Waals surface area contributed by atoms with E-state index in [0.29, 0.717) is 12.8 Å². The number of benzene rings is 2. The van der Waals surface area contributed by atoms with E-state index in [1.807, 2.05) is 57.2 Å². The molecule has 6 nitrogen and oxygen atoms in total. The summed E-state index contributed by atoms with van der Waals surface area (Å²) in [5.74, 6) is -1.31. The molecule has 162 valence electrons. The van der Waals surface area contributed by atoms with Crippen LogP contribution in [0.3, 0.4) is 0 Å². The van der Waals surface area contributed by atoms with E-state index in [1.54, 1.807) is 13.8 Å². The molecule has 0 fully saturated rings. The van der Waals surface area contributed by atoms with Crippen molar-refractivity contribution in [1.82, 2.24) is 10.8 Å². The molecule has 0 aliphatic carbocycles. The summed E-state index contributed by atoms with van der Waals surface area (Å²) in [6.45, 7) is 8.77. The summed E-state index contributed by atoms with van der Waals surface area (Å²) in [6.07, 6.45) is 0.936. The maximum atomic E-state index is 12.5. The maximum Gasteiger partial charge on any atom is 0.244 e. The molecule has 0 aliphatic rings. The second-order valence-corrected chi connectivity index (χ2v) is 8.68. The number of fused-ring (bicyclic) bond motifs is 1. The van der Waals surface area contributed by atoms with Crippen LogP contribution in [0.2, 0.25) is 0 Å². The molecule has 0 aliphatic heterocycles. The Bertz CT molecular complexity index is 896. The smallest absolute Gasteiger partial charge is 0.244 e. The molecule has 0 saturated carbocycles. The van der Waals surface area contributed by atoms with Crippen LogP contribution >= 0.6 is 0 Å². The lowest BCUT2D eigenvalue weighted by atomic mass is 9.98. The monoisotopic (exact) mass is 412 g/mol. The molecule has 2 N–H and O–H groups in total. The zero-order valence-corrected chi connectivity index (χ0v) is 18.5. The summed E-state index contributed by atoms with van der Waals surface area (Å²) in [5.41, 5.74) is 2.96. The van der Waals surface area contributed by atoms with E-state index in [2.05, 4.69) is 16.9 Å². The van der Waals surface area contributed by atoms with E-state index >= 15 is 0 Å². The van der Waals surface area contributed by atoms with E-state index < -0.39 is 17.6 Å². The first-order valence-corrected chi connectivity index (χ1v) is 10.3. The third-order valence-corrected chi connectivity index (χ3v) is 4.77. The van der Waals surface area contributed by atoms with Gasteiger partial charge in [-0.25, -0.2) is 5.48 Å². The molecule has 6 heteroatoms. The topological polar surface area (TPSA) is 84.5 Å². The van der Waals surface area contributed by atoms with Crippen LogP contribution in [-0.2, 0) is 25.6 Å². The summed E-state index contributed by atoms with van der Waals surface area (Å²) in [6, 6.07) is 13.5. The second-order valence-electron chi connectivity index (χ2n) is 8.68. The normalized spacial score (nSPS) is 13.5. The lowest BCUT2D eigenvalue weighted by Gasteiger charge is -2.20. The lowest BCUT2D eigenvalue weighted by molar-refractivity contribution is -0.148. The summed E-state index contributed by atoms with van der Waals surface area (Å²) in [4.78, 5) is 42.0. The zero-order chi connectivity index (χ0) is 22.3. The number of hydrogen-bond acceptors (Lipinski definition) is 4. The Labute approximate surface area is 178 Å². The minimum Gasteiger partial charge on any atom is -0.346 e. The van der Waals surface area contributed by atoms with Crippen LogP contribution in [0, 0.1) is 5.92 Å². The first-order chi connectivity index (χ1) is 14.1. The molecule has 0 saturated heterocycles. The molecule has 2 rings (SSSR count). The molecule has 2 amide bonds. The molecule has 30 heavy (non-hydrogen) atoms. The van der Waals surface area contributed by atoms with Gasteiger partial charge in [0.05, 0.1) is 11.6 Å². The minimum absolute atomic E-state index is 0.0151. The minimum atomic E-state index is -0.608. The predicted molar refractivity (Wildman–Crippen MR) is 118 cm³/mol. The van der Waals surface area contributed by atoms with E-state index in [0.717, 1.165) is 16.3 Å². The van der Waals surface area contributed by atoms with Crippen molar-refractivity contribution in [1.29, 1.82) is 0 Å². The zero-order valence-electron chi connectivity index (χ0n) is 18.5. The van der Waals surface area contributed by atoms with Gasteiger partial charge in [0.1, 0.15) is 0 Å². The number of hydrogen-bond donors (Lipinski definition) is 2. The van der Waals surface area contributed by atoms with Gasteiger partial charge < -0.3 is 5.32 Å². The van der Waals surface area contributed by atoms with Gasteiger partial charge in [0.2, 0.25) is 11.8 Å². The highest BCUT2D eigenvalue weighted by Gasteiger charge is 2.22. The Morgan fingerprint density at radius 2 is 1.67 bits per heavy atom. The number of rotatable bonds is 9. The van der Waals surface area contributed by atoms with Crippen molar-refractivity contribution in [3.05, 3.63) is 48.0 Å². The van der Waals surface area contributed by atoms with Crippen molar-refractivity contribution >= 4 is 28.4 Å². The second kappa shape index (κ2) is 10.3. The molecule has 0 bridgehead atoms. The van der Waals surface area contributed by atoms with E-state index in [9.17, 15) is 14.4 Å². The van der Waals surface area contributed by atoms with Crippen molar-refractivity contribution in [2.45, 2.75) is 65.5 Å². The molecule has 2 aromatic rings. The molecule has 0 heterocycles. The van der Waals surface area contributed by atoms with E-state index in [1.165, 1.54) is 0 Å². The van der Waals surface area contributed by atoms with Crippen molar-refractivity contribution in [2.75, 3.05) is 0 Å². The number of nitrogens with one attached hydrogen (secondary N) is 2. The fraction of sp³-hybridized carbons (Fsp3) is 0.458. The van der Waals surface area contributed by atoms with E-state index in [-0.39, 0.29) is 24.0 Å². The molecular formula is C24H32N2O4. The third kappa shape index (κ3) is 7.26. The quantitative estimate of drug-likeness (QED) is 0.615. The summed E-state index contributed by atoms with van der Waals surface area (Å²) < 4.78 is 0. The van der Waals surface area contributed by atoms with Crippen molar-refractivity contribution in [3.63, 3.8) is 0 Å². The number of carbonyl (C=O) groups excluding carboxylic acids is 3. The molecule has 2 aromatic carbocycles. The Hall–Kier alpha value is -2.73. The number of amides is 2.